The Morgan fingerprint density at radius 2 is 1.67 bits per heavy atom. The highest BCUT2D eigenvalue weighted by atomic mass is 17.2. The second-order valence-corrected chi connectivity index (χ2v) is 5.77. The van der Waals surface area contributed by atoms with Gasteiger partial charge in [0.15, 0.2) is 0 Å². The van der Waals surface area contributed by atoms with Crippen molar-refractivity contribution in [2.24, 2.45) is 0 Å². The Labute approximate surface area is 94.3 Å². The van der Waals surface area contributed by atoms with Crippen molar-refractivity contribution in [2.75, 3.05) is 0 Å². The zero-order valence-electron chi connectivity index (χ0n) is 10.8. The van der Waals surface area contributed by atoms with E-state index in [1.54, 1.807) is 0 Å². The van der Waals surface area contributed by atoms with Gasteiger partial charge < -0.3 is 0 Å². The van der Waals surface area contributed by atoms with Gasteiger partial charge in [-0.1, -0.05) is 32.6 Å². The van der Waals surface area contributed by atoms with Gasteiger partial charge in [0.1, 0.15) is 5.60 Å². The molecule has 0 bridgehead atoms. The molecule has 0 amide bonds. The number of hydrogen-bond donors (Lipinski definition) is 0. The lowest BCUT2D eigenvalue weighted by molar-refractivity contribution is -0.410. The van der Waals surface area contributed by atoms with Crippen LogP contribution in [0, 0.1) is 0 Å². The Kier molecular flexibility index (Phi) is 4.60. The lowest BCUT2D eigenvalue weighted by atomic mass is 9.82. The van der Waals surface area contributed by atoms with Crippen LogP contribution in [0.1, 0.15) is 72.6 Å². The Bertz CT molecular complexity index is 170. The molecule has 2 heteroatoms. The minimum atomic E-state index is -0.196. The van der Waals surface area contributed by atoms with E-state index in [0.29, 0.717) is 0 Å². The molecule has 90 valence electrons. The Morgan fingerprint density at radius 1 is 1.07 bits per heavy atom. The van der Waals surface area contributed by atoms with Crippen LogP contribution in [0.2, 0.25) is 0 Å². The fourth-order valence-electron chi connectivity index (χ4n) is 2.24. The molecule has 0 heterocycles. The van der Waals surface area contributed by atoms with Crippen LogP contribution >= 0.6 is 0 Å². The SMILES string of the molecule is CCCC1(OOC(C)(C)C)CCCCC1. The van der Waals surface area contributed by atoms with Crippen LogP contribution in [-0.4, -0.2) is 11.2 Å². The molecule has 0 unspecified atom stereocenters. The summed E-state index contributed by atoms with van der Waals surface area (Å²) in [7, 11) is 0. The summed E-state index contributed by atoms with van der Waals surface area (Å²) in [5.41, 5.74) is -0.182. The topological polar surface area (TPSA) is 18.5 Å². The summed E-state index contributed by atoms with van der Waals surface area (Å²) < 4.78 is 0. The molecule has 1 rings (SSSR count). The van der Waals surface area contributed by atoms with Crippen LogP contribution in [0.5, 0.6) is 0 Å². The third kappa shape index (κ3) is 4.52. The molecular formula is C13H26O2. The van der Waals surface area contributed by atoms with Gasteiger partial charge >= 0.3 is 0 Å². The van der Waals surface area contributed by atoms with Gasteiger partial charge in [0.2, 0.25) is 0 Å². The van der Waals surface area contributed by atoms with Crippen molar-refractivity contribution in [1.82, 2.24) is 0 Å². The summed E-state index contributed by atoms with van der Waals surface area (Å²) in [4.78, 5) is 11.3. The molecule has 0 saturated heterocycles. The van der Waals surface area contributed by atoms with E-state index in [1.165, 1.54) is 25.7 Å². The van der Waals surface area contributed by atoms with E-state index in [9.17, 15) is 0 Å². The predicted octanol–water partition coefficient (Wildman–Crippen LogP) is 4.24. The van der Waals surface area contributed by atoms with Crippen molar-refractivity contribution in [1.29, 1.82) is 0 Å². The van der Waals surface area contributed by atoms with Crippen molar-refractivity contribution >= 4 is 0 Å². The average molecular weight is 214 g/mol. The molecule has 15 heavy (non-hydrogen) atoms. The largest absolute Gasteiger partial charge is 0.230 e. The van der Waals surface area contributed by atoms with Gasteiger partial charge in [-0.3, -0.25) is 0 Å². The van der Waals surface area contributed by atoms with E-state index < -0.39 is 0 Å². The molecule has 0 aromatic rings. The monoisotopic (exact) mass is 214 g/mol. The van der Waals surface area contributed by atoms with Gasteiger partial charge in [-0.25, -0.2) is 9.78 Å². The van der Waals surface area contributed by atoms with Crippen LogP contribution in [-0.2, 0) is 9.78 Å². The molecule has 1 aliphatic rings. The van der Waals surface area contributed by atoms with Crippen molar-refractivity contribution < 1.29 is 9.78 Å². The fraction of sp³-hybridized carbons (Fsp3) is 1.00. The summed E-state index contributed by atoms with van der Waals surface area (Å²) >= 11 is 0. The Hall–Kier alpha value is -0.0800. The first kappa shape index (κ1) is 13.0. The average Bonchev–Trinajstić information content (AvgIpc) is 2.16. The first-order valence-electron chi connectivity index (χ1n) is 6.34. The maximum Gasteiger partial charge on any atom is 0.104 e. The van der Waals surface area contributed by atoms with Crippen LogP contribution < -0.4 is 0 Å². The van der Waals surface area contributed by atoms with Crippen molar-refractivity contribution in [3.05, 3.63) is 0 Å². The van der Waals surface area contributed by atoms with Crippen LogP contribution in [0.4, 0.5) is 0 Å². The third-order valence-corrected chi connectivity index (χ3v) is 2.94. The van der Waals surface area contributed by atoms with Gasteiger partial charge in [0.05, 0.1) is 5.60 Å². The minimum absolute atomic E-state index is 0.0142. The van der Waals surface area contributed by atoms with Gasteiger partial charge in [0, 0.05) is 0 Å². The lowest BCUT2D eigenvalue weighted by Crippen LogP contribution is -2.37. The molecule has 0 spiro atoms. The van der Waals surface area contributed by atoms with Crippen LogP contribution in [0.25, 0.3) is 0 Å². The van der Waals surface area contributed by atoms with E-state index in [4.69, 9.17) is 9.78 Å². The molecule has 1 saturated carbocycles. The first-order valence-corrected chi connectivity index (χ1v) is 6.34. The second kappa shape index (κ2) is 5.31. The van der Waals surface area contributed by atoms with Gasteiger partial charge in [-0.15, -0.1) is 0 Å². The quantitative estimate of drug-likeness (QED) is 0.515. The molecule has 2 nitrogen and oxygen atoms in total. The number of hydrogen-bond acceptors (Lipinski definition) is 2. The highest BCUT2D eigenvalue weighted by molar-refractivity contribution is 4.83. The molecule has 0 aromatic carbocycles. The Morgan fingerprint density at radius 3 is 2.13 bits per heavy atom. The highest BCUT2D eigenvalue weighted by Crippen LogP contribution is 2.36. The zero-order chi connectivity index (χ0) is 11.4. The van der Waals surface area contributed by atoms with Crippen LogP contribution in [0.15, 0.2) is 0 Å². The van der Waals surface area contributed by atoms with Crippen molar-refractivity contribution in [3.63, 3.8) is 0 Å². The fourth-order valence-corrected chi connectivity index (χ4v) is 2.24. The predicted molar refractivity (Wildman–Crippen MR) is 62.6 cm³/mol. The smallest absolute Gasteiger partial charge is 0.104 e. The molecule has 1 aliphatic carbocycles. The molecule has 0 radical (unpaired) electrons. The maximum atomic E-state index is 5.78. The lowest BCUT2D eigenvalue weighted by Gasteiger charge is -2.37. The molecule has 0 aliphatic heterocycles. The maximum absolute atomic E-state index is 5.78. The first-order chi connectivity index (χ1) is 6.97. The third-order valence-electron chi connectivity index (χ3n) is 2.94. The Balaban J connectivity index is 2.48. The van der Waals surface area contributed by atoms with Gasteiger partial charge in [0.25, 0.3) is 0 Å². The highest BCUT2D eigenvalue weighted by Gasteiger charge is 2.34. The van der Waals surface area contributed by atoms with Gasteiger partial charge in [-0.05, 0) is 40.0 Å². The normalized spacial score (nSPS) is 21.6. The van der Waals surface area contributed by atoms with E-state index in [1.807, 2.05) is 20.8 Å². The molecule has 0 aromatic heterocycles. The van der Waals surface area contributed by atoms with Gasteiger partial charge in [-0.2, -0.15) is 0 Å². The summed E-state index contributed by atoms with van der Waals surface area (Å²) in [5, 5.41) is 0. The van der Waals surface area contributed by atoms with Crippen molar-refractivity contribution in [2.45, 2.75) is 83.8 Å². The number of rotatable bonds is 4. The molecular weight excluding hydrogens is 188 g/mol. The summed E-state index contributed by atoms with van der Waals surface area (Å²) in [6, 6.07) is 0. The van der Waals surface area contributed by atoms with E-state index >= 15 is 0 Å². The summed E-state index contributed by atoms with van der Waals surface area (Å²) in [6.07, 6.45) is 8.55. The molecule has 0 N–H and O–H groups in total. The van der Waals surface area contributed by atoms with E-state index in [-0.39, 0.29) is 11.2 Å². The standard InChI is InChI=1S/C13H26O2/c1-5-9-13(10-7-6-8-11-13)15-14-12(2,3)4/h5-11H2,1-4H3. The molecule has 1 fully saturated rings. The molecule has 0 atom stereocenters. The summed E-state index contributed by atoms with van der Waals surface area (Å²) in [5.74, 6) is 0. The minimum Gasteiger partial charge on any atom is -0.230 e. The van der Waals surface area contributed by atoms with Crippen molar-refractivity contribution in [3.8, 4) is 0 Å². The van der Waals surface area contributed by atoms with E-state index in [0.717, 1.165) is 19.3 Å². The van der Waals surface area contributed by atoms with E-state index in [2.05, 4.69) is 6.92 Å². The zero-order valence-corrected chi connectivity index (χ0v) is 10.8. The summed E-state index contributed by atoms with van der Waals surface area (Å²) in [6.45, 7) is 8.33. The van der Waals surface area contributed by atoms with Crippen LogP contribution in [0.3, 0.4) is 0 Å². The second-order valence-electron chi connectivity index (χ2n) is 5.77.